The second kappa shape index (κ2) is 6.38. The lowest BCUT2D eigenvalue weighted by atomic mass is 10.1. The highest BCUT2D eigenvalue weighted by Crippen LogP contribution is 2.14. The van der Waals surface area contributed by atoms with Gasteiger partial charge in [0.05, 0.1) is 5.69 Å². The van der Waals surface area contributed by atoms with Gasteiger partial charge in [0.1, 0.15) is 0 Å². The molecule has 1 aromatic heterocycles. The van der Waals surface area contributed by atoms with Gasteiger partial charge in [0, 0.05) is 37.9 Å². The van der Waals surface area contributed by atoms with Crippen molar-refractivity contribution in [1.29, 1.82) is 0 Å². The van der Waals surface area contributed by atoms with Gasteiger partial charge in [0.25, 0.3) is 0 Å². The fourth-order valence-corrected chi connectivity index (χ4v) is 2.48. The molecule has 4 nitrogen and oxygen atoms in total. The van der Waals surface area contributed by atoms with Crippen LogP contribution in [0.5, 0.6) is 0 Å². The van der Waals surface area contributed by atoms with Crippen molar-refractivity contribution in [3.8, 4) is 0 Å². The maximum atomic E-state index is 4.39. The Morgan fingerprint density at radius 2 is 2.29 bits per heavy atom. The van der Waals surface area contributed by atoms with E-state index in [1.807, 2.05) is 11.7 Å². The summed E-state index contributed by atoms with van der Waals surface area (Å²) in [5, 5.41) is 7.77. The van der Waals surface area contributed by atoms with Crippen LogP contribution in [0.3, 0.4) is 0 Å². The molecule has 2 heterocycles. The van der Waals surface area contributed by atoms with E-state index in [4.69, 9.17) is 0 Å². The Labute approximate surface area is 110 Å². The zero-order chi connectivity index (χ0) is 11.5. The van der Waals surface area contributed by atoms with Gasteiger partial charge in [-0.25, -0.2) is 0 Å². The summed E-state index contributed by atoms with van der Waals surface area (Å²) in [6, 6.07) is 0.658. The second-order valence-corrected chi connectivity index (χ2v) is 4.78. The summed E-state index contributed by atoms with van der Waals surface area (Å²) < 4.78 is 1.91. The summed E-state index contributed by atoms with van der Waals surface area (Å²) >= 11 is 0. The molecule has 1 N–H and O–H groups in total. The molecule has 98 valence electrons. The van der Waals surface area contributed by atoms with Gasteiger partial charge in [-0.2, -0.15) is 5.10 Å². The topological polar surface area (TPSA) is 33.1 Å². The van der Waals surface area contributed by atoms with Crippen molar-refractivity contribution in [1.82, 2.24) is 20.0 Å². The van der Waals surface area contributed by atoms with Crippen molar-refractivity contribution in [2.24, 2.45) is 7.05 Å². The molecule has 0 aromatic carbocycles. The van der Waals surface area contributed by atoms with E-state index in [0.29, 0.717) is 6.04 Å². The van der Waals surface area contributed by atoms with Gasteiger partial charge in [-0.3, -0.25) is 9.58 Å². The SMILES string of the molecule is CNC1CCCN(Cc2cn(C)nc2C)C1.Cl. The summed E-state index contributed by atoms with van der Waals surface area (Å²) in [7, 11) is 4.05. The molecule has 1 unspecified atom stereocenters. The number of nitrogens with one attached hydrogen (secondary N) is 1. The first-order valence-electron chi connectivity index (χ1n) is 6.08. The molecule has 1 aliphatic rings. The van der Waals surface area contributed by atoms with Crippen molar-refractivity contribution in [2.75, 3.05) is 20.1 Å². The molecule has 1 aromatic rings. The van der Waals surface area contributed by atoms with Crippen LogP contribution < -0.4 is 5.32 Å². The maximum Gasteiger partial charge on any atom is 0.0638 e. The van der Waals surface area contributed by atoms with Gasteiger partial charge in [0.15, 0.2) is 0 Å². The van der Waals surface area contributed by atoms with Crippen LogP contribution in [-0.4, -0.2) is 40.9 Å². The van der Waals surface area contributed by atoms with E-state index in [9.17, 15) is 0 Å². The smallest absolute Gasteiger partial charge is 0.0638 e. The third kappa shape index (κ3) is 3.69. The van der Waals surface area contributed by atoms with Gasteiger partial charge in [-0.1, -0.05) is 0 Å². The standard InChI is InChI=1S/C12H22N4.ClH/c1-10-11(7-15(3)14-10)8-16-6-4-5-12(9-16)13-2;/h7,12-13H,4-6,8-9H2,1-3H3;1H. The Balaban J connectivity index is 0.00000144. The molecule has 0 aliphatic carbocycles. The van der Waals surface area contributed by atoms with Gasteiger partial charge < -0.3 is 5.32 Å². The quantitative estimate of drug-likeness (QED) is 0.888. The molecule has 0 spiro atoms. The number of nitrogens with zero attached hydrogens (tertiary/aromatic N) is 3. The number of hydrogen-bond donors (Lipinski definition) is 1. The first-order valence-corrected chi connectivity index (χ1v) is 6.08. The lowest BCUT2D eigenvalue weighted by Crippen LogP contribution is -2.43. The molecular weight excluding hydrogens is 236 g/mol. The van der Waals surface area contributed by atoms with E-state index in [2.05, 4.69) is 35.5 Å². The molecular formula is C12H23ClN4. The van der Waals surface area contributed by atoms with E-state index in [0.717, 1.165) is 18.8 Å². The van der Waals surface area contributed by atoms with E-state index in [1.54, 1.807) is 0 Å². The number of aryl methyl sites for hydroxylation is 2. The monoisotopic (exact) mass is 258 g/mol. The minimum atomic E-state index is 0. The summed E-state index contributed by atoms with van der Waals surface area (Å²) in [4.78, 5) is 2.52. The Morgan fingerprint density at radius 3 is 2.88 bits per heavy atom. The van der Waals surface area contributed by atoms with Gasteiger partial charge >= 0.3 is 0 Å². The summed E-state index contributed by atoms with van der Waals surface area (Å²) in [6.07, 6.45) is 4.74. The zero-order valence-corrected chi connectivity index (χ0v) is 11.8. The molecule has 0 bridgehead atoms. The molecule has 0 radical (unpaired) electrons. The second-order valence-electron chi connectivity index (χ2n) is 4.78. The maximum absolute atomic E-state index is 4.39. The number of aromatic nitrogens is 2. The van der Waals surface area contributed by atoms with Crippen molar-refractivity contribution in [3.05, 3.63) is 17.5 Å². The van der Waals surface area contributed by atoms with Crippen LogP contribution in [0.1, 0.15) is 24.1 Å². The minimum absolute atomic E-state index is 0. The summed E-state index contributed by atoms with van der Waals surface area (Å²) in [5.41, 5.74) is 2.52. The molecule has 1 fully saturated rings. The van der Waals surface area contributed by atoms with Gasteiger partial charge in [0.2, 0.25) is 0 Å². The van der Waals surface area contributed by atoms with Crippen LogP contribution in [0.4, 0.5) is 0 Å². The Morgan fingerprint density at radius 1 is 1.53 bits per heavy atom. The zero-order valence-electron chi connectivity index (χ0n) is 10.9. The lowest BCUT2D eigenvalue weighted by molar-refractivity contribution is 0.187. The average molecular weight is 259 g/mol. The first-order chi connectivity index (χ1) is 7.69. The third-order valence-corrected chi connectivity index (χ3v) is 3.42. The van der Waals surface area contributed by atoms with Crippen molar-refractivity contribution >= 4 is 12.4 Å². The Bertz CT molecular complexity index is 350. The molecule has 1 atom stereocenters. The van der Waals surface area contributed by atoms with Crippen LogP contribution in [0.2, 0.25) is 0 Å². The van der Waals surface area contributed by atoms with Crippen LogP contribution in [0.15, 0.2) is 6.20 Å². The average Bonchev–Trinajstić information content (AvgIpc) is 2.58. The summed E-state index contributed by atoms with van der Waals surface area (Å²) in [5.74, 6) is 0. The highest BCUT2D eigenvalue weighted by Gasteiger charge is 2.19. The highest BCUT2D eigenvalue weighted by atomic mass is 35.5. The van der Waals surface area contributed by atoms with Crippen molar-refractivity contribution < 1.29 is 0 Å². The number of piperidine rings is 1. The lowest BCUT2D eigenvalue weighted by Gasteiger charge is -2.32. The predicted molar refractivity (Wildman–Crippen MR) is 72.6 cm³/mol. The van der Waals surface area contributed by atoms with Crippen LogP contribution >= 0.6 is 12.4 Å². The largest absolute Gasteiger partial charge is 0.316 e. The fourth-order valence-electron chi connectivity index (χ4n) is 2.48. The number of rotatable bonds is 3. The highest BCUT2D eigenvalue weighted by molar-refractivity contribution is 5.85. The molecule has 17 heavy (non-hydrogen) atoms. The molecule has 1 aliphatic heterocycles. The third-order valence-electron chi connectivity index (χ3n) is 3.42. The Hall–Kier alpha value is -0.580. The van der Waals surface area contributed by atoms with Crippen LogP contribution in [-0.2, 0) is 13.6 Å². The Kier molecular flexibility index (Phi) is 5.43. The minimum Gasteiger partial charge on any atom is -0.316 e. The normalized spacial score (nSPS) is 21.2. The number of likely N-dealkylation sites (N-methyl/N-ethyl adjacent to an activating group) is 1. The van der Waals surface area contributed by atoms with Crippen molar-refractivity contribution in [3.63, 3.8) is 0 Å². The van der Waals surface area contributed by atoms with E-state index in [1.165, 1.54) is 24.9 Å². The molecule has 0 amide bonds. The molecule has 2 rings (SSSR count). The number of halogens is 1. The van der Waals surface area contributed by atoms with E-state index < -0.39 is 0 Å². The summed E-state index contributed by atoms with van der Waals surface area (Å²) in [6.45, 7) is 5.50. The van der Waals surface area contributed by atoms with Crippen LogP contribution in [0.25, 0.3) is 0 Å². The number of hydrogen-bond acceptors (Lipinski definition) is 3. The number of likely N-dealkylation sites (tertiary alicyclic amines) is 1. The molecule has 0 saturated carbocycles. The van der Waals surface area contributed by atoms with E-state index >= 15 is 0 Å². The first kappa shape index (κ1) is 14.5. The van der Waals surface area contributed by atoms with Gasteiger partial charge in [-0.15, -0.1) is 12.4 Å². The van der Waals surface area contributed by atoms with Gasteiger partial charge in [-0.05, 0) is 33.4 Å². The fraction of sp³-hybridized carbons (Fsp3) is 0.750. The molecule has 1 saturated heterocycles. The molecule has 5 heteroatoms. The predicted octanol–water partition coefficient (Wildman–Crippen LogP) is 1.33. The van der Waals surface area contributed by atoms with Crippen molar-refractivity contribution in [2.45, 2.75) is 32.4 Å². The van der Waals surface area contributed by atoms with Crippen LogP contribution in [0, 0.1) is 6.92 Å². The van der Waals surface area contributed by atoms with E-state index in [-0.39, 0.29) is 12.4 Å².